The summed E-state index contributed by atoms with van der Waals surface area (Å²) in [4.78, 5) is 21.8. The Labute approximate surface area is 122 Å². The van der Waals surface area contributed by atoms with Crippen molar-refractivity contribution in [1.29, 1.82) is 0 Å². The van der Waals surface area contributed by atoms with E-state index in [0.29, 0.717) is 17.7 Å². The molecule has 0 aliphatic carbocycles. The monoisotopic (exact) mass is 295 g/mol. The number of carbonyl (C=O) groups is 1. The molecule has 0 N–H and O–H groups in total. The van der Waals surface area contributed by atoms with Gasteiger partial charge in [0.25, 0.3) is 0 Å². The van der Waals surface area contributed by atoms with Gasteiger partial charge in [-0.1, -0.05) is 6.92 Å². The summed E-state index contributed by atoms with van der Waals surface area (Å²) in [5.74, 6) is 0.0837. The maximum Gasteiger partial charge on any atom is 0.333 e. The quantitative estimate of drug-likeness (QED) is 0.332. The van der Waals surface area contributed by atoms with Crippen LogP contribution in [0.25, 0.3) is 0 Å². The molecule has 1 aromatic carbocycles. The van der Waals surface area contributed by atoms with Crippen LogP contribution in [-0.4, -0.2) is 31.7 Å². The Morgan fingerprint density at radius 3 is 2.62 bits per heavy atom. The van der Waals surface area contributed by atoms with E-state index in [2.05, 4.69) is 4.74 Å². The molecular weight excluding hydrogens is 278 g/mol. The molecule has 0 fully saturated rings. The molecule has 0 radical (unpaired) electrons. The zero-order valence-corrected chi connectivity index (χ0v) is 12.1. The van der Waals surface area contributed by atoms with E-state index in [1.54, 1.807) is 6.92 Å². The second kappa shape index (κ2) is 7.88. The van der Waals surface area contributed by atoms with E-state index in [1.165, 1.54) is 38.5 Å². The lowest BCUT2D eigenvalue weighted by molar-refractivity contribution is -0.385. The van der Waals surface area contributed by atoms with Gasteiger partial charge in [-0.15, -0.1) is 0 Å². The standard InChI is InChI=1S/C14H17NO6/c1-4-10(14(16)20-3)7-8-21-13-9-11(19-2)5-6-12(13)15(17)18/h5-7,9H,4,8H2,1-3H3/b10-7-. The highest BCUT2D eigenvalue weighted by Crippen LogP contribution is 2.31. The minimum atomic E-state index is -0.542. The minimum absolute atomic E-state index is 0.0201. The molecule has 0 amide bonds. The van der Waals surface area contributed by atoms with E-state index >= 15 is 0 Å². The van der Waals surface area contributed by atoms with E-state index in [1.807, 2.05) is 0 Å². The average molecular weight is 295 g/mol. The van der Waals surface area contributed by atoms with Gasteiger partial charge in [-0.2, -0.15) is 0 Å². The summed E-state index contributed by atoms with van der Waals surface area (Å²) < 4.78 is 15.0. The maximum absolute atomic E-state index is 11.4. The summed E-state index contributed by atoms with van der Waals surface area (Å²) in [6.07, 6.45) is 2.02. The van der Waals surface area contributed by atoms with Gasteiger partial charge in [0.15, 0.2) is 0 Å². The third kappa shape index (κ3) is 4.48. The van der Waals surface area contributed by atoms with Gasteiger partial charge in [-0.3, -0.25) is 10.1 Å². The number of benzene rings is 1. The molecule has 114 valence electrons. The van der Waals surface area contributed by atoms with Crippen molar-refractivity contribution in [1.82, 2.24) is 0 Å². The van der Waals surface area contributed by atoms with Crippen LogP contribution in [0.3, 0.4) is 0 Å². The third-order valence-corrected chi connectivity index (χ3v) is 2.76. The summed E-state index contributed by atoms with van der Waals surface area (Å²) >= 11 is 0. The van der Waals surface area contributed by atoms with Crippen LogP contribution in [0.5, 0.6) is 11.5 Å². The average Bonchev–Trinajstić information content (AvgIpc) is 2.50. The Bertz CT molecular complexity index is 552. The SMILES string of the molecule is CC/C(=C/COc1cc(OC)ccc1[N+](=O)[O-])C(=O)OC. The molecule has 0 unspecified atom stereocenters. The molecule has 1 aromatic rings. The summed E-state index contributed by atoms with van der Waals surface area (Å²) in [6, 6.07) is 4.21. The van der Waals surface area contributed by atoms with E-state index in [0.717, 1.165) is 0 Å². The number of esters is 1. The van der Waals surface area contributed by atoms with Crippen LogP contribution in [0, 0.1) is 10.1 Å². The van der Waals surface area contributed by atoms with Crippen molar-refractivity contribution in [2.24, 2.45) is 0 Å². The first-order valence-corrected chi connectivity index (χ1v) is 6.26. The predicted octanol–water partition coefficient (Wildman–Crippen LogP) is 2.49. The smallest absolute Gasteiger partial charge is 0.333 e. The molecule has 0 aromatic heterocycles. The van der Waals surface area contributed by atoms with E-state index < -0.39 is 10.9 Å². The van der Waals surface area contributed by atoms with Crippen molar-refractivity contribution in [3.8, 4) is 11.5 Å². The zero-order valence-electron chi connectivity index (χ0n) is 12.1. The molecule has 1 rings (SSSR count). The number of rotatable bonds is 7. The second-order valence-corrected chi connectivity index (χ2v) is 3.98. The topological polar surface area (TPSA) is 87.9 Å². The van der Waals surface area contributed by atoms with Gasteiger partial charge in [0, 0.05) is 17.7 Å². The Hall–Kier alpha value is -2.57. The van der Waals surface area contributed by atoms with E-state index in [-0.39, 0.29) is 18.0 Å². The minimum Gasteiger partial charge on any atom is -0.497 e. The molecule has 0 saturated heterocycles. The summed E-state index contributed by atoms with van der Waals surface area (Å²) in [5.41, 5.74) is 0.281. The van der Waals surface area contributed by atoms with Gasteiger partial charge < -0.3 is 14.2 Å². The van der Waals surface area contributed by atoms with Crippen molar-refractivity contribution in [2.75, 3.05) is 20.8 Å². The van der Waals surface area contributed by atoms with Gasteiger partial charge in [-0.25, -0.2) is 4.79 Å². The molecule has 7 nitrogen and oxygen atoms in total. The van der Waals surface area contributed by atoms with Crippen LogP contribution in [0.4, 0.5) is 5.69 Å². The molecular formula is C14H17NO6. The van der Waals surface area contributed by atoms with Crippen LogP contribution >= 0.6 is 0 Å². The summed E-state index contributed by atoms with van der Waals surface area (Å²) in [5, 5.41) is 10.9. The fraction of sp³-hybridized carbons (Fsp3) is 0.357. The number of methoxy groups -OCH3 is 2. The number of ether oxygens (including phenoxy) is 3. The molecule has 0 spiro atoms. The van der Waals surface area contributed by atoms with Crippen molar-refractivity contribution in [2.45, 2.75) is 13.3 Å². The van der Waals surface area contributed by atoms with Crippen LogP contribution in [0.15, 0.2) is 29.8 Å². The maximum atomic E-state index is 11.4. The lowest BCUT2D eigenvalue weighted by Gasteiger charge is -2.07. The zero-order chi connectivity index (χ0) is 15.8. The van der Waals surface area contributed by atoms with Crippen LogP contribution < -0.4 is 9.47 Å². The third-order valence-electron chi connectivity index (χ3n) is 2.76. The van der Waals surface area contributed by atoms with Gasteiger partial charge in [-0.05, 0) is 18.6 Å². The Morgan fingerprint density at radius 1 is 1.38 bits per heavy atom. The van der Waals surface area contributed by atoms with E-state index in [4.69, 9.17) is 9.47 Å². The molecule has 21 heavy (non-hydrogen) atoms. The number of carbonyl (C=O) groups excluding carboxylic acids is 1. The highest BCUT2D eigenvalue weighted by atomic mass is 16.6. The van der Waals surface area contributed by atoms with Crippen LogP contribution in [-0.2, 0) is 9.53 Å². The fourth-order valence-electron chi connectivity index (χ4n) is 1.62. The first-order valence-electron chi connectivity index (χ1n) is 6.26. The van der Waals surface area contributed by atoms with E-state index in [9.17, 15) is 14.9 Å². The number of nitrogens with zero attached hydrogens (tertiary/aromatic N) is 1. The normalized spacial score (nSPS) is 10.9. The van der Waals surface area contributed by atoms with Crippen molar-refractivity contribution >= 4 is 11.7 Å². The second-order valence-electron chi connectivity index (χ2n) is 3.98. The van der Waals surface area contributed by atoms with Crippen LogP contribution in [0.2, 0.25) is 0 Å². The first kappa shape index (κ1) is 16.5. The number of hydrogen-bond acceptors (Lipinski definition) is 6. The molecule has 0 aliphatic heterocycles. The predicted molar refractivity (Wildman–Crippen MR) is 75.5 cm³/mol. The number of hydrogen-bond donors (Lipinski definition) is 0. The summed E-state index contributed by atoms with van der Waals surface area (Å²) in [6.45, 7) is 1.82. The first-order chi connectivity index (χ1) is 10.0. The van der Waals surface area contributed by atoms with Crippen molar-refractivity contribution < 1.29 is 23.9 Å². The number of nitro benzene ring substituents is 1. The molecule has 7 heteroatoms. The Balaban J connectivity index is 2.89. The van der Waals surface area contributed by atoms with Gasteiger partial charge >= 0.3 is 11.7 Å². The molecule has 0 bridgehead atoms. The molecule has 0 atom stereocenters. The van der Waals surface area contributed by atoms with Gasteiger partial charge in [0.2, 0.25) is 5.75 Å². The lowest BCUT2D eigenvalue weighted by Crippen LogP contribution is -2.06. The molecule has 0 heterocycles. The summed E-state index contributed by atoms with van der Waals surface area (Å²) in [7, 11) is 2.75. The largest absolute Gasteiger partial charge is 0.497 e. The van der Waals surface area contributed by atoms with Crippen molar-refractivity contribution in [3.63, 3.8) is 0 Å². The molecule has 0 aliphatic rings. The Kier molecular flexibility index (Phi) is 6.19. The fourth-order valence-corrected chi connectivity index (χ4v) is 1.62. The van der Waals surface area contributed by atoms with Crippen LogP contribution in [0.1, 0.15) is 13.3 Å². The molecule has 0 saturated carbocycles. The lowest BCUT2D eigenvalue weighted by atomic mass is 10.2. The number of nitro groups is 1. The van der Waals surface area contributed by atoms with Gasteiger partial charge in [0.1, 0.15) is 12.4 Å². The van der Waals surface area contributed by atoms with Crippen molar-refractivity contribution in [3.05, 3.63) is 40.0 Å². The highest BCUT2D eigenvalue weighted by molar-refractivity contribution is 5.88. The highest BCUT2D eigenvalue weighted by Gasteiger charge is 2.16. The van der Waals surface area contributed by atoms with Gasteiger partial charge in [0.05, 0.1) is 19.1 Å². The Morgan fingerprint density at radius 2 is 2.10 bits per heavy atom.